The van der Waals surface area contributed by atoms with Crippen LogP contribution < -0.4 is 5.32 Å². The van der Waals surface area contributed by atoms with E-state index >= 15 is 0 Å². The van der Waals surface area contributed by atoms with Gasteiger partial charge in [0.2, 0.25) is 0 Å². The van der Waals surface area contributed by atoms with E-state index in [4.69, 9.17) is 0 Å². The van der Waals surface area contributed by atoms with Gasteiger partial charge in [0, 0.05) is 13.1 Å². The fourth-order valence-corrected chi connectivity index (χ4v) is 1.76. The molecule has 0 heterocycles. The maximum Gasteiger partial charge on any atom is 0.0104 e. The van der Waals surface area contributed by atoms with Crippen LogP contribution in [0.25, 0.3) is 0 Å². The first-order chi connectivity index (χ1) is 7.66. The quantitative estimate of drug-likeness (QED) is 0.547. The minimum Gasteiger partial charge on any atom is -0.315 e. The van der Waals surface area contributed by atoms with Gasteiger partial charge in [-0.05, 0) is 32.5 Å². The second-order valence-corrected chi connectivity index (χ2v) is 5.32. The van der Waals surface area contributed by atoms with Crippen molar-refractivity contribution in [1.29, 1.82) is 0 Å². The van der Waals surface area contributed by atoms with E-state index < -0.39 is 0 Å². The first kappa shape index (κ1) is 15.9. The lowest BCUT2D eigenvalue weighted by atomic mass is 10.1. The Morgan fingerprint density at radius 1 is 1.00 bits per heavy atom. The topological polar surface area (TPSA) is 15.3 Å². The van der Waals surface area contributed by atoms with Crippen molar-refractivity contribution in [2.45, 2.75) is 52.9 Å². The molecule has 98 valence electrons. The number of nitrogens with one attached hydrogen (secondary N) is 1. The molecule has 0 aromatic carbocycles. The number of likely N-dealkylation sites (N-methyl/N-ethyl adjacent to an activating group) is 1. The lowest BCUT2D eigenvalue weighted by Gasteiger charge is -2.17. The highest BCUT2D eigenvalue weighted by Crippen LogP contribution is 2.02. The summed E-state index contributed by atoms with van der Waals surface area (Å²) in [5, 5.41) is 3.48. The zero-order chi connectivity index (χ0) is 12.2. The van der Waals surface area contributed by atoms with E-state index in [0.717, 1.165) is 19.0 Å². The van der Waals surface area contributed by atoms with Crippen molar-refractivity contribution >= 4 is 0 Å². The van der Waals surface area contributed by atoms with Gasteiger partial charge in [-0.2, -0.15) is 0 Å². The van der Waals surface area contributed by atoms with Crippen LogP contribution in [0.1, 0.15) is 52.9 Å². The fourth-order valence-electron chi connectivity index (χ4n) is 1.76. The molecule has 0 aliphatic heterocycles. The van der Waals surface area contributed by atoms with Gasteiger partial charge in [-0.3, -0.25) is 0 Å². The summed E-state index contributed by atoms with van der Waals surface area (Å²) in [4.78, 5) is 2.44. The van der Waals surface area contributed by atoms with Gasteiger partial charge in [-0.25, -0.2) is 0 Å². The monoisotopic (exact) mass is 228 g/mol. The van der Waals surface area contributed by atoms with Crippen molar-refractivity contribution in [3.05, 3.63) is 0 Å². The van der Waals surface area contributed by atoms with Crippen molar-refractivity contribution < 1.29 is 0 Å². The Balaban J connectivity index is 3.15. The maximum atomic E-state index is 3.48. The highest BCUT2D eigenvalue weighted by molar-refractivity contribution is 4.57. The van der Waals surface area contributed by atoms with Crippen LogP contribution in [-0.4, -0.2) is 38.1 Å². The predicted octanol–water partition coefficient (Wildman–Crippen LogP) is 3.13. The smallest absolute Gasteiger partial charge is 0.0104 e. The maximum absolute atomic E-state index is 3.48. The van der Waals surface area contributed by atoms with Crippen LogP contribution in [0.15, 0.2) is 0 Å². The van der Waals surface area contributed by atoms with E-state index in [9.17, 15) is 0 Å². The molecule has 16 heavy (non-hydrogen) atoms. The summed E-state index contributed by atoms with van der Waals surface area (Å²) in [6.07, 6.45) is 6.92. The van der Waals surface area contributed by atoms with Crippen LogP contribution in [0.5, 0.6) is 0 Å². The van der Waals surface area contributed by atoms with Gasteiger partial charge in [0.05, 0.1) is 0 Å². The highest BCUT2D eigenvalue weighted by Gasteiger charge is 1.98. The molecule has 0 aromatic rings. The van der Waals surface area contributed by atoms with Crippen molar-refractivity contribution in [3.8, 4) is 0 Å². The standard InChI is InChI=1S/C14H32N2/c1-5-6-7-8-9-11-16(4)12-10-15-13-14(2)3/h14-15H,5-13H2,1-4H3. The van der Waals surface area contributed by atoms with Gasteiger partial charge in [0.15, 0.2) is 0 Å². The molecule has 0 saturated heterocycles. The number of hydrogen-bond acceptors (Lipinski definition) is 2. The summed E-state index contributed by atoms with van der Waals surface area (Å²) in [5.41, 5.74) is 0. The highest BCUT2D eigenvalue weighted by atomic mass is 15.1. The third-order valence-corrected chi connectivity index (χ3v) is 2.87. The zero-order valence-corrected chi connectivity index (χ0v) is 11.9. The SMILES string of the molecule is CCCCCCCN(C)CCNCC(C)C. The van der Waals surface area contributed by atoms with E-state index in [1.807, 2.05) is 0 Å². The van der Waals surface area contributed by atoms with Crippen molar-refractivity contribution in [3.63, 3.8) is 0 Å². The summed E-state index contributed by atoms with van der Waals surface area (Å²) >= 11 is 0. The van der Waals surface area contributed by atoms with E-state index in [1.54, 1.807) is 0 Å². The summed E-state index contributed by atoms with van der Waals surface area (Å²) < 4.78 is 0. The normalized spacial score (nSPS) is 11.6. The lowest BCUT2D eigenvalue weighted by Crippen LogP contribution is -2.31. The van der Waals surface area contributed by atoms with E-state index in [-0.39, 0.29) is 0 Å². The van der Waals surface area contributed by atoms with Crippen LogP contribution in [-0.2, 0) is 0 Å². The van der Waals surface area contributed by atoms with Gasteiger partial charge in [-0.1, -0.05) is 46.5 Å². The van der Waals surface area contributed by atoms with Crippen molar-refractivity contribution in [2.24, 2.45) is 5.92 Å². The second-order valence-electron chi connectivity index (χ2n) is 5.32. The Kier molecular flexibility index (Phi) is 11.3. The molecular weight excluding hydrogens is 196 g/mol. The molecule has 2 heteroatoms. The number of rotatable bonds is 11. The van der Waals surface area contributed by atoms with Gasteiger partial charge in [0.1, 0.15) is 0 Å². The Labute approximate surface area is 103 Å². The Bertz CT molecular complexity index is 135. The molecule has 0 spiro atoms. The first-order valence-electron chi connectivity index (χ1n) is 7.06. The largest absolute Gasteiger partial charge is 0.315 e. The zero-order valence-electron chi connectivity index (χ0n) is 11.9. The molecular formula is C14H32N2. The van der Waals surface area contributed by atoms with Crippen molar-refractivity contribution in [1.82, 2.24) is 10.2 Å². The third kappa shape index (κ3) is 12.0. The van der Waals surface area contributed by atoms with Crippen LogP contribution in [0.2, 0.25) is 0 Å². The van der Waals surface area contributed by atoms with Crippen LogP contribution in [0.4, 0.5) is 0 Å². The molecule has 0 unspecified atom stereocenters. The van der Waals surface area contributed by atoms with E-state index in [0.29, 0.717) is 0 Å². The minimum atomic E-state index is 0.763. The first-order valence-corrected chi connectivity index (χ1v) is 7.06. The molecule has 0 aliphatic rings. The van der Waals surface area contributed by atoms with Gasteiger partial charge in [-0.15, -0.1) is 0 Å². The molecule has 0 saturated carbocycles. The molecule has 1 N–H and O–H groups in total. The molecule has 0 aromatic heterocycles. The molecule has 2 nitrogen and oxygen atoms in total. The van der Waals surface area contributed by atoms with Gasteiger partial charge in [0.25, 0.3) is 0 Å². The molecule has 0 fully saturated rings. The van der Waals surface area contributed by atoms with Gasteiger partial charge >= 0.3 is 0 Å². The van der Waals surface area contributed by atoms with Gasteiger partial charge < -0.3 is 10.2 Å². The second kappa shape index (κ2) is 11.4. The minimum absolute atomic E-state index is 0.763. The molecule has 0 atom stereocenters. The number of nitrogens with zero attached hydrogens (tertiary/aromatic N) is 1. The molecule has 0 bridgehead atoms. The Morgan fingerprint density at radius 3 is 2.31 bits per heavy atom. The summed E-state index contributed by atoms with van der Waals surface area (Å²) in [6, 6.07) is 0. The molecule has 0 aliphatic carbocycles. The lowest BCUT2D eigenvalue weighted by molar-refractivity contribution is 0.319. The number of unbranched alkanes of at least 4 members (excludes halogenated alkanes) is 4. The van der Waals surface area contributed by atoms with Crippen LogP contribution >= 0.6 is 0 Å². The van der Waals surface area contributed by atoms with E-state index in [2.05, 4.69) is 38.0 Å². The Hall–Kier alpha value is -0.0800. The molecule has 0 amide bonds. The average molecular weight is 228 g/mol. The number of hydrogen-bond donors (Lipinski definition) is 1. The van der Waals surface area contributed by atoms with E-state index in [1.165, 1.54) is 45.2 Å². The molecule has 0 rings (SSSR count). The Morgan fingerprint density at radius 2 is 1.69 bits per heavy atom. The summed E-state index contributed by atoms with van der Waals surface area (Å²) in [7, 11) is 2.23. The van der Waals surface area contributed by atoms with Crippen LogP contribution in [0.3, 0.4) is 0 Å². The molecule has 0 radical (unpaired) electrons. The fraction of sp³-hybridized carbons (Fsp3) is 1.00. The average Bonchev–Trinajstić information content (AvgIpc) is 2.24. The summed E-state index contributed by atoms with van der Waals surface area (Å²) in [5.74, 6) is 0.763. The third-order valence-electron chi connectivity index (χ3n) is 2.87. The van der Waals surface area contributed by atoms with Crippen molar-refractivity contribution in [2.75, 3.05) is 33.2 Å². The predicted molar refractivity (Wildman–Crippen MR) is 74.0 cm³/mol. The van der Waals surface area contributed by atoms with Crippen LogP contribution in [0, 0.1) is 5.92 Å². The summed E-state index contributed by atoms with van der Waals surface area (Å²) in [6.45, 7) is 11.5.